The fourth-order valence-corrected chi connectivity index (χ4v) is 7.83. The van der Waals surface area contributed by atoms with E-state index in [1.54, 1.807) is 22.7 Å². The maximum atomic E-state index is 12.9. The second-order valence-corrected chi connectivity index (χ2v) is 12.8. The number of amides is 1. The molecule has 0 saturated heterocycles. The van der Waals surface area contributed by atoms with E-state index in [9.17, 15) is 10.1 Å². The lowest BCUT2D eigenvalue weighted by Gasteiger charge is -2.17. The highest BCUT2D eigenvalue weighted by atomic mass is 32.2. The van der Waals surface area contributed by atoms with Crippen LogP contribution in [-0.2, 0) is 24.2 Å². The van der Waals surface area contributed by atoms with Crippen LogP contribution in [0, 0.1) is 31.1 Å². The highest BCUT2D eigenvalue weighted by molar-refractivity contribution is 7.99. The minimum absolute atomic E-state index is 0.153. The molecule has 1 aliphatic carbocycles. The van der Waals surface area contributed by atoms with E-state index in [4.69, 9.17) is 0 Å². The average molecular weight is 560 g/mol. The third-order valence-corrected chi connectivity index (χ3v) is 9.84. The lowest BCUT2D eigenvalue weighted by Crippen LogP contribution is -2.15. The largest absolute Gasteiger partial charge is 0.316 e. The van der Waals surface area contributed by atoms with E-state index in [0.717, 1.165) is 47.3 Å². The van der Waals surface area contributed by atoms with Crippen LogP contribution in [0.2, 0.25) is 0 Å². The van der Waals surface area contributed by atoms with Crippen LogP contribution in [0.1, 0.15) is 39.8 Å². The number of thiophene rings is 2. The van der Waals surface area contributed by atoms with Crippen molar-refractivity contribution in [2.75, 3.05) is 11.1 Å². The van der Waals surface area contributed by atoms with Gasteiger partial charge in [-0.05, 0) is 50.2 Å². The number of aromatic nitrogens is 3. The van der Waals surface area contributed by atoms with Crippen molar-refractivity contribution in [2.45, 2.75) is 51.7 Å². The number of allylic oxidation sites excluding steroid dienone is 1. The van der Waals surface area contributed by atoms with Crippen molar-refractivity contribution in [1.29, 1.82) is 5.26 Å². The Kier molecular flexibility index (Phi) is 7.84. The molecular weight excluding hydrogens is 531 g/mol. The number of nitrogens with zero attached hydrogens (tertiary/aromatic N) is 4. The van der Waals surface area contributed by atoms with Crippen LogP contribution in [-0.4, -0.2) is 26.4 Å². The maximum Gasteiger partial charge on any atom is 0.235 e. The fraction of sp³-hybridized carbons (Fsp3) is 0.310. The molecule has 0 aliphatic heterocycles. The Bertz CT molecular complexity index is 1540. The van der Waals surface area contributed by atoms with Crippen molar-refractivity contribution in [3.63, 3.8) is 0 Å². The van der Waals surface area contributed by atoms with Gasteiger partial charge in [0.1, 0.15) is 11.1 Å². The van der Waals surface area contributed by atoms with Crippen molar-refractivity contribution in [3.05, 3.63) is 68.7 Å². The zero-order chi connectivity index (χ0) is 26.8. The maximum absolute atomic E-state index is 12.9. The zero-order valence-corrected chi connectivity index (χ0v) is 24.2. The molecule has 0 bridgehead atoms. The van der Waals surface area contributed by atoms with E-state index in [1.807, 2.05) is 10.6 Å². The van der Waals surface area contributed by atoms with E-state index < -0.39 is 0 Å². The molecule has 0 radical (unpaired) electrons. The lowest BCUT2D eigenvalue weighted by molar-refractivity contribution is -0.113. The van der Waals surface area contributed by atoms with Gasteiger partial charge in [-0.25, -0.2) is 0 Å². The molecular formula is C29H29N5OS3. The number of carbonyl (C=O) groups excluding carboxylic acids is 1. The monoisotopic (exact) mass is 559 g/mol. The molecule has 4 aromatic rings. The standard InChI is InChI=1S/C29H29N5OS3/c1-5-12-34-27(23-15-36-19(4)26(23)20-9-6-17(2)7-10-20)32-33-29(34)37-16-25(35)31-28-22(14-30)21-11-8-18(3)13-24(21)38-28/h5-7,9-10,15,18H,1,8,11-13,16H2,2-4H3,(H,31,35). The molecule has 1 atom stereocenters. The fourth-order valence-electron chi connectivity index (χ4n) is 4.84. The summed E-state index contributed by atoms with van der Waals surface area (Å²) in [5.74, 6) is 1.39. The molecule has 5 rings (SSSR count). The number of benzene rings is 1. The summed E-state index contributed by atoms with van der Waals surface area (Å²) in [6.07, 6.45) is 4.77. The van der Waals surface area contributed by atoms with Crippen LogP contribution in [0.3, 0.4) is 0 Å². The molecule has 1 aliphatic rings. The number of aryl methyl sites for hydroxylation is 2. The minimum atomic E-state index is -0.153. The van der Waals surface area contributed by atoms with Crippen molar-refractivity contribution in [2.24, 2.45) is 5.92 Å². The Balaban J connectivity index is 1.36. The summed E-state index contributed by atoms with van der Waals surface area (Å²) < 4.78 is 2.01. The van der Waals surface area contributed by atoms with Gasteiger partial charge in [-0.15, -0.1) is 39.4 Å². The van der Waals surface area contributed by atoms with Crippen LogP contribution in [0.25, 0.3) is 22.5 Å². The Morgan fingerprint density at radius 2 is 2.11 bits per heavy atom. The van der Waals surface area contributed by atoms with Crippen LogP contribution >= 0.6 is 34.4 Å². The summed E-state index contributed by atoms with van der Waals surface area (Å²) in [5.41, 5.74) is 6.29. The first-order valence-electron chi connectivity index (χ1n) is 12.6. The van der Waals surface area contributed by atoms with Gasteiger partial charge in [0.25, 0.3) is 0 Å². The summed E-state index contributed by atoms with van der Waals surface area (Å²) in [5, 5.41) is 25.2. The number of thioether (sulfide) groups is 1. The highest BCUT2D eigenvalue weighted by Gasteiger charge is 2.25. The quantitative estimate of drug-likeness (QED) is 0.181. The Morgan fingerprint density at radius 1 is 1.32 bits per heavy atom. The number of rotatable bonds is 8. The van der Waals surface area contributed by atoms with E-state index in [-0.39, 0.29) is 11.7 Å². The lowest BCUT2D eigenvalue weighted by atomic mass is 9.89. The zero-order valence-electron chi connectivity index (χ0n) is 21.7. The SMILES string of the molecule is C=CCn1c(SCC(=O)Nc2sc3c(c2C#N)CCC(C)C3)nnc1-c1csc(C)c1-c1ccc(C)cc1. The first-order chi connectivity index (χ1) is 18.4. The number of carbonyl (C=O) groups is 1. The molecule has 0 spiro atoms. The van der Waals surface area contributed by atoms with Gasteiger partial charge < -0.3 is 5.32 Å². The first-order valence-corrected chi connectivity index (χ1v) is 15.2. The predicted octanol–water partition coefficient (Wildman–Crippen LogP) is 7.27. The summed E-state index contributed by atoms with van der Waals surface area (Å²) in [4.78, 5) is 15.4. The number of hydrogen-bond acceptors (Lipinski definition) is 7. The third-order valence-electron chi connectivity index (χ3n) is 6.79. The molecule has 0 saturated carbocycles. The normalized spacial score (nSPS) is 14.6. The summed E-state index contributed by atoms with van der Waals surface area (Å²) in [6.45, 7) is 10.9. The number of hydrogen-bond donors (Lipinski definition) is 1. The van der Waals surface area contributed by atoms with Gasteiger partial charge >= 0.3 is 0 Å². The second kappa shape index (κ2) is 11.3. The van der Waals surface area contributed by atoms with Gasteiger partial charge in [-0.3, -0.25) is 9.36 Å². The van der Waals surface area contributed by atoms with Gasteiger partial charge in [0.2, 0.25) is 5.91 Å². The first kappa shape index (κ1) is 26.4. The van der Waals surface area contributed by atoms with Crippen molar-refractivity contribution >= 4 is 45.3 Å². The van der Waals surface area contributed by atoms with E-state index in [1.165, 1.54) is 27.1 Å². The van der Waals surface area contributed by atoms with E-state index >= 15 is 0 Å². The molecule has 1 aromatic carbocycles. The molecule has 6 nitrogen and oxygen atoms in total. The number of nitriles is 1. The van der Waals surface area contributed by atoms with E-state index in [0.29, 0.717) is 28.2 Å². The second-order valence-electron chi connectivity index (χ2n) is 9.66. The summed E-state index contributed by atoms with van der Waals surface area (Å²) >= 11 is 4.58. The van der Waals surface area contributed by atoms with Gasteiger partial charge in [0.15, 0.2) is 11.0 Å². The minimum Gasteiger partial charge on any atom is -0.316 e. The molecule has 9 heteroatoms. The summed E-state index contributed by atoms with van der Waals surface area (Å²) in [6, 6.07) is 10.8. The van der Waals surface area contributed by atoms with E-state index in [2.05, 4.69) is 78.6 Å². The third kappa shape index (κ3) is 5.21. The highest BCUT2D eigenvalue weighted by Crippen LogP contribution is 2.40. The van der Waals surface area contributed by atoms with Crippen LogP contribution in [0.5, 0.6) is 0 Å². The van der Waals surface area contributed by atoms with Gasteiger partial charge in [-0.1, -0.05) is 54.6 Å². The van der Waals surface area contributed by atoms with Gasteiger partial charge in [0.05, 0.1) is 11.3 Å². The Morgan fingerprint density at radius 3 is 2.84 bits per heavy atom. The van der Waals surface area contributed by atoms with Crippen molar-refractivity contribution in [3.8, 4) is 28.6 Å². The Labute approximate surface area is 235 Å². The number of anilines is 1. The molecule has 1 unspecified atom stereocenters. The van der Waals surface area contributed by atoms with Gasteiger partial charge in [0, 0.05) is 32.8 Å². The molecule has 194 valence electrons. The smallest absolute Gasteiger partial charge is 0.235 e. The van der Waals surface area contributed by atoms with Crippen LogP contribution < -0.4 is 5.32 Å². The predicted molar refractivity (Wildman–Crippen MR) is 158 cm³/mol. The molecule has 3 heterocycles. The summed E-state index contributed by atoms with van der Waals surface area (Å²) in [7, 11) is 0. The average Bonchev–Trinajstić information content (AvgIpc) is 3.57. The van der Waals surface area contributed by atoms with Gasteiger partial charge in [-0.2, -0.15) is 5.26 Å². The Hall–Kier alpha value is -3.19. The molecule has 3 aromatic heterocycles. The van der Waals surface area contributed by atoms with Crippen molar-refractivity contribution < 1.29 is 4.79 Å². The number of nitrogens with one attached hydrogen (secondary N) is 1. The van der Waals surface area contributed by atoms with Crippen LogP contribution in [0.15, 0.2) is 47.5 Å². The topological polar surface area (TPSA) is 83.6 Å². The van der Waals surface area contributed by atoms with Crippen molar-refractivity contribution in [1.82, 2.24) is 14.8 Å². The van der Waals surface area contributed by atoms with Crippen LogP contribution in [0.4, 0.5) is 5.00 Å². The molecule has 38 heavy (non-hydrogen) atoms. The molecule has 1 amide bonds. The molecule has 1 N–H and O–H groups in total. The number of fused-ring (bicyclic) bond motifs is 1. The molecule has 0 fully saturated rings.